The van der Waals surface area contributed by atoms with E-state index in [1.165, 1.54) is 11.3 Å². The van der Waals surface area contributed by atoms with Gasteiger partial charge < -0.3 is 10.2 Å². The molecule has 1 saturated heterocycles. The van der Waals surface area contributed by atoms with Crippen LogP contribution in [0.25, 0.3) is 15.9 Å². The van der Waals surface area contributed by atoms with Crippen LogP contribution in [-0.4, -0.2) is 39.0 Å². The van der Waals surface area contributed by atoms with E-state index >= 15 is 0 Å². The zero-order valence-electron chi connectivity index (χ0n) is 16.1. The third-order valence-electron chi connectivity index (χ3n) is 4.62. The molecule has 9 heteroatoms. The van der Waals surface area contributed by atoms with Crippen molar-refractivity contribution in [3.05, 3.63) is 48.1 Å². The van der Waals surface area contributed by atoms with Crippen molar-refractivity contribution >= 4 is 50.7 Å². The lowest BCUT2D eigenvalue weighted by Crippen LogP contribution is -2.24. The SMILES string of the molecule is C=NN/C=C(\C)c1ccc2nc(Nc3ccnc(CN4CCCC4=O)c3)sc2n1. The molecule has 0 atom stereocenters. The number of thiazole rings is 1. The summed E-state index contributed by atoms with van der Waals surface area (Å²) in [6, 6.07) is 7.73. The summed E-state index contributed by atoms with van der Waals surface area (Å²) in [5, 5.41) is 7.69. The van der Waals surface area contributed by atoms with Gasteiger partial charge in [0.15, 0.2) is 5.13 Å². The number of fused-ring (bicyclic) bond motifs is 1. The van der Waals surface area contributed by atoms with Gasteiger partial charge in [-0.25, -0.2) is 9.97 Å². The van der Waals surface area contributed by atoms with E-state index in [1.54, 1.807) is 12.4 Å². The summed E-state index contributed by atoms with van der Waals surface area (Å²) in [4.78, 5) is 28.2. The fourth-order valence-electron chi connectivity index (χ4n) is 3.14. The number of carbonyl (C=O) groups excluding carboxylic acids is 1. The molecule has 4 heterocycles. The van der Waals surface area contributed by atoms with Gasteiger partial charge in [0.1, 0.15) is 10.3 Å². The van der Waals surface area contributed by atoms with Crippen LogP contribution in [0.5, 0.6) is 0 Å². The number of nitrogens with one attached hydrogen (secondary N) is 2. The Hall–Kier alpha value is -3.33. The molecule has 3 aromatic heterocycles. The summed E-state index contributed by atoms with van der Waals surface area (Å²) in [7, 11) is 0. The molecule has 3 aromatic rings. The monoisotopic (exact) mass is 407 g/mol. The first-order valence-corrected chi connectivity index (χ1v) is 10.1. The molecule has 148 valence electrons. The summed E-state index contributed by atoms with van der Waals surface area (Å²) in [6.45, 7) is 6.69. The Balaban J connectivity index is 1.51. The summed E-state index contributed by atoms with van der Waals surface area (Å²) in [5.41, 5.74) is 7.11. The molecular weight excluding hydrogens is 386 g/mol. The standard InChI is InChI=1S/C20H21N7OS/c1-13(11-23-21-2)16-5-6-17-19(25-16)29-20(26-17)24-14-7-8-22-15(10-14)12-27-9-3-4-18(27)28/h5-8,10-11,23H,2-4,9,12H2,1H3,(H,22,24,26)/b13-11+. The van der Waals surface area contributed by atoms with Crippen molar-refractivity contribution in [2.45, 2.75) is 26.3 Å². The molecule has 2 N–H and O–H groups in total. The second-order valence-electron chi connectivity index (χ2n) is 6.73. The van der Waals surface area contributed by atoms with E-state index in [9.17, 15) is 4.79 Å². The van der Waals surface area contributed by atoms with Crippen LogP contribution < -0.4 is 10.7 Å². The summed E-state index contributed by atoms with van der Waals surface area (Å²) in [5.74, 6) is 0.196. The summed E-state index contributed by atoms with van der Waals surface area (Å²) in [6.07, 6.45) is 5.06. The molecule has 0 aliphatic carbocycles. The van der Waals surface area contributed by atoms with Gasteiger partial charge in [-0.15, -0.1) is 0 Å². The van der Waals surface area contributed by atoms with Gasteiger partial charge in [-0.2, -0.15) is 5.10 Å². The largest absolute Gasteiger partial charge is 0.337 e. The number of rotatable bonds is 7. The third-order valence-corrected chi connectivity index (χ3v) is 5.50. The molecule has 1 aliphatic heterocycles. The van der Waals surface area contributed by atoms with Crippen LogP contribution in [0.3, 0.4) is 0 Å². The Bertz CT molecular complexity index is 1090. The van der Waals surface area contributed by atoms with E-state index in [0.29, 0.717) is 13.0 Å². The minimum absolute atomic E-state index is 0.196. The van der Waals surface area contributed by atoms with Gasteiger partial charge in [-0.3, -0.25) is 15.2 Å². The highest BCUT2D eigenvalue weighted by Gasteiger charge is 2.20. The number of amides is 1. The maximum Gasteiger partial charge on any atom is 0.222 e. The number of hydrazone groups is 1. The maximum absolute atomic E-state index is 11.8. The van der Waals surface area contributed by atoms with Gasteiger partial charge >= 0.3 is 0 Å². The van der Waals surface area contributed by atoms with Gasteiger partial charge in [0.05, 0.1) is 17.9 Å². The predicted octanol–water partition coefficient (Wildman–Crippen LogP) is 3.52. The topological polar surface area (TPSA) is 95.4 Å². The number of anilines is 2. The quantitative estimate of drug-likeness (QED) is 0.460. The molecule has 1 amide bonds. The molecule has 1 fully saturated rings. The Morgan fingerprint density at radius 1 is 1.38 bits per heavy atom. The summed E-state index contributed by atoms with van der Waals surface area (Å²) < 4.78 is 0. The van der Waals surface area contributed by atoms with Gasteiger partial charge in [0, 0.05) is 37.8 Å². The number of aromatic nitrogens is 3. The Kier molecular flexibility index (Phi) is 5.48. The summed E-state index contributed by atoms with van der Waals surface area (Å²) >= 11 is 1.48. The van der Waals surface area contributed by atoms with Gasteiger partial charge in [0.25, 0.3) is 0 Å². The molecule has 0 radical (unpaired) electrons. The number of allylic oxidation sites excluding steroid dienone is 1. The normalized spacial score (nSPS) is 14.4. The van der Waals surface area contributed by atoms with Crippen molar-refractivity contribution in [2.75, 3.05) is 11.9 Å². The fraction of sp³-hybridized carbons (Fsp3) is 0.250. The van der Waals surface area contributed by atoms with Gasteiger partial charge in [0.2, 0.25) is 5.91 Å². The zero-order valence-corrected chi connectivity index (χ0v) is 16.9. The molecule has 4 rings (SSSR count). The van der Waals surface area contributed by atoms with Crippen molar-refractivity contribution in [1.82, 2.24) is 25.3 Å². The number of carbonyl (C=O) groups is 1. The smallest absolute Gasteiger partial charge is 0.222 e. The van der Waals surface area contributed by atoms with E-state index in [4.69, 9.17) is 0 Å². The minimum Gasteiger partial charge on any atom is -0.337 e. The first-order chi connectivity index (χ1) is 14.1. The maximum atomic E-state index is 11.8. The van der Waals surface area contributed by atoms with Crippen LogP contribution in [0.2, 0.25) is 0 Å². The second-order valence-corrected chi connectivity index (χ2v) is 7.71. The van der Waals surface area contributed by atoms with E-state index in [0.717, 1.165) is 51.1 Å². The lowest BCUT2D eigenvalue weighted by Gasteiger charge is -2.15. The highest BCUT2D eigenvalue weighted by atomic mass is 32.1. The van der Waals surface area contributed by atoms with Crippen LogP contribution in [0.4, 0.5) is 10.8 Å². The number of likely N-dealkylation sites (tertiary alicyclic amines) is 1. The average Bonchev–Trinajstić information content (AvgIpc) is 3.31. The minimum atomic E-state index is 0.196. The van der Waals surface area contributed by atoms with Crippen molar-refractivity contribution in [1.29, 1.82) is 0 Å². The van der Waals surface area contributed by atoms with E-state index in [1.807, 2.05) is 36.1 Å². The fourth-order valence-corrected chi connectivity index (χ4v) is 4.00. The lowest BCUT2D eigenvalue weighted by atomic mass is 10.2. The van der Waals surface area contributed by atoms with Crippen LogP contribution >= 0.6 is 11.3 Å². The van der Waals surface area contributed by atoms with Gasteiger partial charge in [-0.05, 0) is 43.2 Å². The molecule has 1 aliphatic rings. The Morgan fingerprint density at radius 3 is 3.07 bits per heavy atom. The van der Waals surface area contributed by atoms with E-state index in [2.05, 4.69) is 37.5 Å². The molecule has 0 spiro atoms. The third kappa shape index (κ3) is 4.40. The number of pyridine rings is 2. The van der Waals surface area contributed by atoms with Crippen molar-refractivity contribution < 1.29 is 4.79 Å². The second kappa shape index (κ2) is 8.36. The van der Waals surface area contributed by atoms with Crippen molar-refractivity contribution in [3.63, 3.8) is 0 Å². The van der Waals surface area contributed by atoms with Crippen LogP contribution in [0.15, 0.2) is 41.8 Å². The highest BCUT2D eigenvalue weighted by Crippen LogP contribution is 2.28. The number of hydrogen-bond donors (Lipinski definition) is 2. The Labute approximate surface area is 172 Å². The molecule has 0 unspecified atom stereocenters. The lowest BCUT2D eigenvalue weighted by molar-refractivity contribution is -0.128. The van der Waals surface area contributed by atoms with Crippen LogP contribution in [-0.2, 0) is 11.3 Å². The molecule has 0 bridgehead atoms. The Morgan fingerprint density at radius 2 is 2.28 bits per heavy atom. The van der Waals surface area contributed by atoms with Gasteiger partial charge in [-0.1, -0.05) is 11.3 Å². The predicted molar refractivity (Wildman–Crippen MR) is 116 cm³/mol. The first-order valence-electron chi connectivity index (χ1n) is 9.28. The van der Waals surface area contributed by atoms with Crippen molar-refractivity contribution in [3.8, 4) is 0 Å². The van der Waals surface area contributed by atoms with Crippen molar-refractivity contribution in [2.24, 2.45) is 5.10 Å². The molecular formula is C20H21N7OS. The molecule has 0 saturated carbocycles. The number of hydrogen-bond acceptors (Lipinski definition) is 8. The molecule has 0 aromatic carbocycles. The average molecular weight is 408 g/mol. The zero-order chi connectivity index (χ0) is 20.2. The first kappa shape index (κ1) is 19.0. The highest BCUT2D eigenvalue weighted by molar-refractivity contribution is 7.21. The molecule has 8 nitrogen and oxygen atoms in total. The van der Waals surface area contributed by atoms with Crippen LogP contribution in [0, 0.1) is 0 Å². The molecule has 29 heavy (non-hydrogen) atoms. The van der Waals surface area contributed by atoms with E-state index in [-0.39, 0.29) is 5.91 Å². The van der Waals surface area contributed by atoms with E-state index < -0.39 is 0 Å². The van der Waals surface area contributed by atoms with Crippen LogP contribution in [0.1, 0.15) is 31.2 Å². The number of nitrogens with zero attached hydrogens (tertiary/aromatic N) is 5.